The molecule has 0 saturated heterocycles. The summed E-state index contributed by atoms with van der Waals surface area (Å²) in [5.74, 6) is 1.24. The molecule has 1 heterocycles. The van der Waals surface area contributed by atoms with E-state index >= 15 is 0 Å². The summed E-state index contributed by atoms with van der Waals surface area (Å²) in [6, 6.07) is 17.5. The number of para-hydroxylation sites is 2. The van der Waals surface area contributed by atoms with E-state index in [0.29, 0.717) is 35.6 Å². The first kappa shape index (κ1) is 24.1. The largest absolute Gasteiger partial charge is 0.490 e. The lowest BCUT2D eigenvalue weighted by Crippen LogP contribution is -2.32. The maximum atomic E-state index is 12.5. The van der Waals surface area contributed by atoms with Gasteiger partial charge in [-0.25, -0.2) is 4.98 Å². The number of carbonyl (C=O) groups excluding carboxylic acids is 2. The SMILES string of the molecule is CCOc1ccccc1Oc1ccc(CNC(=O)CC(NC(C)=O)c2ccc(Cl)cc2)cn1. The number of amides is 2. The van der Waals surface area contributed by atoms with E-state index in [4.69, 9.17) is 21.1 Å². The summed E-state index contributed by atoms with van der Waals surface area (Å²) in [6.07, 6.45) is 1.74. The molecular weight excluding hydrogens is 442 g/mol. The number of nitrogens with zero attached hydrogens (tertiary/aromatic N) is 1. The lowest BCUT2D eigenvalue weighted by atomic mass is 10.0. The minimum atomic E-state index is -0.445. The fourth-order valence-electron chi connectivity index (χ4n) is 3.15. The van der Waals surface area contributed by atoms with Crippen LogP contribution in [0.2, 0.25) is 5.02 Å². The van der Waals surface area contributed by atoms with Gasteiger partial charge in [0, 0.05) is 30.8 Å². The van der Waals surface area contributed by atoms with Crippen LogP contribution in [0.1, 0.15) is 37.4 Å². The molecule has 2 aromatic carbocycles. The quantitative estimate of drug-likeness (QED) is 0.446. The number of nitrogens with one attached hydrogen (secondary N) is 2. The van der Waals surface area contributed by atoms with Crippen LogP contribution in [0.25, 0.3) is 0 Å². The van der Waals surface area contributed by atoms with Crippen molar-refractivity contribution < 1.29 is 19.1 Å². The normalized spacial score (nSPS) is 11.4. The summed E-state index contributed by atoms with van der Waals surface area (Å²) in [5, 5.41) is 6.26. The van der Waals surface area contributed by atoms with Crippen LogP contribution in [0.4, 0.5) is 0 Å². The van der Waals surface area contributed by atoms with Crippen molar-refractivity contribution >= 4 is 23.4 Å². The smallest absolute Gasteiger partial charge is 0.222 e. The molecule has 2 N–H and O–H groups in total. The van der Waals surface area contributed by atoms with Gasteiger partial charge in [0.05, 0.1) is 19.1 Å². The first-order chi connectivity index (χ1) is 15.9. The Hall–Kier alpha value is -3.58. The number of hydrogen-bond donors (Lipinski definition) is 2. The lowest BCUT2D eigenvalue weighted by molar-refractivity contribution is -0.122. The van der Waals surface area contributed by atoms with E-state index in [9.17, 15) is 9.59 Å². The van der Waals surface area contributed by atoms with E-state index in [0.717, 1.165) is 11.1 Å². The molecule has 0 fully saturated rings. The Morgan fingerprint density at radius 2 is 1.76 bits per heavy atom. The molecule has 0 aliphatic rings. The fraction of sp³-hybridized carbons (Fsp3) is 0.240. The van der Waals surface area contributed by atoms with E-state index in [2.05, 4.69) is 15.6 Å². The standard InChI is InChI=1S/C25H26ClN3O4/c1-3-32-22-6-4-5-7-23(22)33-25-13-8-18(16-28-25)15-27-24(31)14-21(29-17(2)30)19-9-11-20(26)12-10-19/h4-13,16,21H,3,14-15H2,1-2H3,(H,27,31)(H,29,30). The van der Waals surface area contributed by atoms with Crippen molar-refractivity contribution in [3.63, 3.8) is 0 Å². The zero-order chi connectivity index (χ0) is 23.6. The molecule has 0 bridgehead atoms. The van der Waals surface area contributed by atoms with Gasteiger partial charge in [0.1, 0.15) is 0 Å². The van der Waals surface area contributed by atoms with Gasteiger partial charge in [-0.15, -0.1) is 0 Å². The van der Waals surface area contributed by atoms with Crippen molar-refractivity contribution in [2.45, 2.75) is 32.9 Å². The number of aromatic nitrogens is 1. The second-order valence-electron chi connectivity index (χ2n) is 7.27. The van der Waals surface area contributed by atoms with E-state index in [-0.39, 0.29) is 18.2 Å². The van der Waals surface area contributed by atoms with E-state index in [1.165, 1.54) is 6.92 Å². The van der Waals surface area contributed by atoms with E-state index in [1.807, 2.05) is 37.3 Å². The van der Waals surface area contributed by atoms with Crippen molar-refractivity contribution in [1.29, 1.82) is 0 Å². The molecule has 1 aromatic heterocycles. The number of pyridine rings is 1. The van der Waals surface area contributed by atoms with Crippen LogP contribution in [0.3, 0.4) is 0 Å². The van der Waals surface area contributed by atoms with Gasteiger partial charge in [-0.05, 0) is 42.3 Å². The van der Waals surface area contributed by atoms with Gasteiger partial charge in [0.15, 0.2) is 11.5 Å². The topological polar surface area (TPSA) is 89.5 Å². The highest BCUT2D eigenvalue weighted by atomic mass is 35.5. The third-order valence-corrected chi connectivity index (χ3v) is 4.94. The predicted octanol–water partition coefficient (Wildman–Crippen LogP) is 4.81. The highest BCUT2D eigenvalue weighted by molar-refractivity contribution is 6.30. The second kappa shape index (κ2) is 11.9. The maximum Gasteiger partial charge on any atom is 0.222 e. The molecule has 0 aliphatic heterocycles. The maximum absolute atomic E-state index is 12.5. The first-order valence-electron chi connectivity index (χ1n) is 10.6. The molecule has 8 heteroatoms. The van der Waals surface area contributed by atoms with E-state index < -0.39 is 6.04 Å². The molecule has 0 aliphatic carbocycles. The summed E-state index contributed by atoms with van der Waals surface area (Å²) >= 11 is 5.94. The Morgan fingerprint density at radius 3 is 2.39 bits per heavy atom. The van der Waals surface area contributed by atoms with Crippen LogP contribution in [-0.4, -0.2) is 23.4 Å². The molecule has 3 aromatic rings. The predicted molar refractivity (Wildman–Crippen MR) is 126 cm³/mol. The van der Waals surface area contributed by atoms with Crippen LogP contribution in [0, 0.1) is 0 Å². The summed E-state index contributed by atoms with van der Waals surface area (Å²) in [7, 11) is 0. The monoisotopic (exact) mass is 467 g/mol. The number of rotatable bonds is 10. The minimum absolute atomic E-state index is 0.101. The number of benzene rings is 2. The van der Waals surface area contributed by atoms with Crippen molar-refractivity contribution in [3.05, 3.63) is 83.0 Å². The van der Waals surface area contributed by atoms with Crippen LogP contribution in [0.15, 0.2) is 66.9 Å². The average molecular weight is 468 g/mol. The molecule has 2 amide bonds. The molecule has 33 heavy (non-hydrogen) atoms. The molecule has 3 rings (SSSR count). The van der Waals surface area contributed by atoms with Crippen LogP contribution >= 0.6 is 11.6 Å². The molecule has 7 nitrogen and oxygen atoms in total. The third kappa shape index (κ3) is 7.50. The van der Waals surface area contributed by atoms with Crippen molar-refractivity contribution in [2.75, 3.05) is 6.61 Å². The van der Waals surface area contributed by atoms with Gasteiger partial charge >= 0.3 is 0 Å². The van der Waals surface area contributed by atoms with Gasteiger partial charge in [-0.1, -0.05) is 41.9 Å². The van der Waals surface area contributed by atoms with Crippen molar-refractivity contribution in [1.82, 2.24) is 15.6 Å². The zero-order valence-electron chi connectivity index (χ0n) is 18.5. The lowest BCUT2D eigenvalue weighted by Gasteiger charge is -2.18. The second-order valence-corrected chi connectivity index (χ2v) is 7.71. The Bertz CT molecular complexity index is 1070. The third-order valence-electron chi connectivity index (χ3n) is 4.69. The van der Waals surface area contributed by atoms with Gasteiger partial charge in [0.2, 0.25) is 17.7 Å². The van der Waals surface area contributed by atoms with Gasteiger partial charge in [-0.3, -0.25) is 9.59 Å². The highest BCUT2D eigenvalue weighted by Gasteiger charge is 2.17. The Labute approximate surface area is 198 Å². The Balaban J connectivity index is 1.56. The van der Waals surface area contributed by atoms with Crippen molar-refractivity contribution in [3.8, 4) is 17.4 Å². The van der Waals surface area contributed by atoms with Gasteiger partial charge in [-0.2, -0.15) is 0 Å². The Kier molecular flexibility index (Phi) is 8.66. The highest BCUT2D eigenvalue weighted by Crippen LogP contribution is 2.30. The summed E-state index contributed by atoms with van der Waals surface area (Å²) in [6.45, 7) is 4.16. The van der Waals surface area contributed by atoms with Crippen molar-refractivity contribution in [2.24, 2.45) is 0 Å². The zero-order valence-corrected chi connectivity index (χ0v) is 19.3. The molecule has 0 radical (unpaired) electrons. The minimum Gasteiger partial charge on any atom is -0.490 e. The summed E-state index contributed by atoms with van der Waals surface area (Å²) < 4.78 is 11.4. The number of hydrogen-bond acceptors (Lipinski definition) is 5. The number of carbonyl (C=O) groups is 2. The van der Waals surface area contributed by atoms with Crippen LogP contribution in [-0.2, 0) is 16.1 Å². The molecule has 0 saturated carbocycles. The number of halogens is 1. The van der Waals surface area contributed by atoms with Crippen LogP contribution in [0.5, 0.6) is 17.4 Å². The molecule has 1 atom stereocenters. The summed E-state index contributed by atoms with van der Waals surface area (Å²) in [4.78, 5) is 28.4. The molecule has 172 valence electrons. The molecule has 0 spiro atoms. The first-order valence-corrected chi connectivity index (χ1v) is 11.0. The van der Waals surface area contributed by atoms with E-state index in [1.54, 1.807) is 36.5 Å². The average Bonchev–Trinajstić information content (AvgIpc) is 2.80. The fourth-order valence-corrected chi connectivity index (χ4v) is 3.27. The van der Waals surface area contributed by atoms with Gasteiger partial charge < -0.3 is 20.1 Å². The Morgan fingerprint density at radius 1 is 1.03 bits per heavy atom. The summed E-state index contributed by atoms with van der Waals surface area (Å²) in [5.41, 5.74) is 1.62. The van der Waals surface area contributed by atoms with Gasteiger partial charge in [0.25, 0.3) is 0 Å². The number of ether oxygens (including phenoxy) is 2. The van der Waals surface area contributed by atoms with Crippen LogP contribution < -0.4 is 20.1 Å². The molecular formula is C25H26ClN3O4. The molecule has 1 unspecified atom stereocenters.